The van der Waals surface area contributed by atoms with Crippen LogP contribution in [-0.4, -0.2) is 12.5 Å². The van der Waals surface area contributed by atoms with Gasteiger partial charge in [-0.25, -0.2) is 9.56 Å². The fourth-order valence-corrected chi connectivity index (χ4v) is 3.54. The maximum Gasteiger partial charge on any atom is 0.432 e. The zero-order valence-corrected chi connectivity index (χ0v) is 11.9. The van der Waals surface area contributed by atoms with E-state index in [2.05, 4.69) is 4.99 Å². The first-order valence-corrected chi connectivity index (χ1v) is 7.51. The minimum Gasteiger partial charge on any atom is -0.401 e. The summed E-state index contributed by atoms with van der Waals surface area (Å²) in [5, 5.41) is 0. The van der Waals surface area contributed by atoms with Crippen molar-refractivity contribution < 1.29 is 13.6 Å². The third-order valence-electron chi connectivity index (χ3n) is 2.16. The Morgan fingerprint density at radius 3 is 2.61 bits per heavy atom. The van der Waals surface area contributed by atoms with Gasteiger partial charge in [-0.15, -0.1) is 0 Å². The molecule has 1 unspecified atom stereocenters. The molecule has 7 heteroatoms. The van der Waals surface area contributed by atoms with Gasteiger partial charge >= 0.3 is 7.60 Å². The van der Waals surface area contributed by atoms with Crippen LogP contribution in [0.5, 0.6) is 0 Å². The molecule has 0 radical (unpaired) electrons. The van der Waals surface area contributed by atoms with Crippen LogP contribution >= 0.6 is 30.8 Å². The molecule has 2 rings (SSSR count). The lowest BCUT2D eigenvalue weighted by molar-refractivity contribution is 0.287. The highest BCUT2D eigenvalue weighted by Gasteiger charge is 2.41. The molecule has 1 aromatic rings. The summed E-state index contributed by atoms with van der Waals surface area (Å²) in [5.74, 6) is 0.196. The molecule has 1 atom stereocenters. The van der Waals surface area contributed by atoms with Crippen molar-refractivity contribution >= 4 is 36.7 Å². The quantitative estimate of drug-likeness (QED) is 0.782. The van der Waals surface area contributed by atoms with E-state index in [4.69, 9.17) is 32.2 Å². The summed E-state index contributed by atoms with van der Waals surface area (Å²) < 4.78 is 22.6. The minimum absolute atomic E-state index is 0.0495. The number of halogens is 2. The first-order chi connectivity index (χ1) is 8.57. The van der Waals surface area contributed by atoms with Gasteiger partial charge in [0.15, 0.2) is 5.44 Å². The molecule has 1 aliphatic rings. The van der Waals surface area contributed by atoms with Crippen LogP contribution in [0, 0.1) is 0 Å². The molecule has 0 saturated carbocycles. The highest BCUT2D eigenvalue weighted by atomic mass is 35.5. The summed E-state index contributed by atoms with van der Waals surface area (Å²) in [6.07, 6.45) is 0. The van der Waals surface area contributed by atoms with Crippen LogP contribution in [0.2, 0.25) is 0 Å². The normalized spacial score (nSPS) is 22.6. The van der Waals surface area contributed by atoms with Gasteiger partial charge in [0, 0.05) is 5.56 Å². The fraction of sp³-hybridized carbons (Fsp3) is 0.182. The molecule has 1 aromatic carbocycles. The van der Waals surface area contributed by atoms with Crippen molar-refractivity contribution in [2.45, 2.75) is 6.92 Å². The Labute approximate surface area is 115 Å². The third kappa shape index (κ3) is 2.62. The summed E-state index contributed by atoms with van der Waals surface area (Å²) in [5.41, 5.74) is 0.633. The molecule has 96 valence electrons. The van der Waals surface area contributed by atoms with Crippen molar-refractivity contribution in [1.29, 1.82) is 0 Å². The van der Waals surface area contributed by atoms with Gasteiger partial charge < -0.3 is 4.52 Å². The lowest BCUT2D eigenvalue weighted by Gasteiger charge is -2.11. The zero-order valence-electron chi connectivity index (χ0n) is 9.47. The molecule has 0 bridgehead atoms. The maximum absolute atomic E-state index is 12.4. The number of hydrogen-bond donors (Lipinski definition) is 0. The standard InChI is InChI=1S/C11H10Cl2NO3P/c1-2-16-18(15)11(9(12)13)14-10(17-18)8-6-4-3-5-7-8/h3-7H,2H2,1H3. The van der Waals surface area contributed by atoms with E-state index in [0.29, 0.717) is 5.56 Å². The second-order valence-corrected chi connectivity index (χ2v) is 6.18. The fourth-order valence-electron chi connectivity index (χ4n) is 1.44. The third-order valence-corrected chi connectivity index (χ3v) is 4.64. The molecule has 0 aromatic heterocycles. The molecular formula is C11H10Cl2NO3P. The second-order valence-electron chi connectivity index (χ2n) is 3.37. The van der Waals surface area contributed by atoms with E-state index in [9.17, 15) is 4.57 Å². The molecular weight excluding hydrogens is 296 g/mol. The Balaban J connectivity index is 2.42. The lowest BCUT2D eigenvalue weighted by Crippen LogP contribution is -2.00. The smallest absolute Gasteiger partial charge is 0.401 e. The first-order valence-electron chi connectivity index (χ1n) is 5.21. The topological polar surface area (TPSA) is 47.9 Å². The largest absolute Gasteiger partial charge is 0.432 e. The van der Waals surface area contributed by atoms with Crippen molar-refractivity contribution in [3.63, 3.8) is 0 Å². The van der Waals surface area contributed by atoms with E-state index in [-0.39, 0.29) is 22.4 Å². The van der Waals surface area contributed by atoms with Crippen molar-refractivity contribution in [3.05, 3.63) is 45.8 Å². The Kier molecular flexibility index (Phi) is 4.13. The molecule has 0 saturated heterocycles. The van der Waals surface area contributed by atoms with Gasteiger partial charge in [0.25, 0.3) is 0 Å². The van der Waals surface area contributed by atoms with Crippen LogP contribution in [-0.2, 0) is 13.6 Å². The van der Waals surface area contributed by atoms with Crippen molar-refractivity contribution in [2.24, 2.45) is 4.99 Å². The Morgan fingerprint density at radius 2 is 2.06 bits per heavy atom. The summed E-state index contributed by atoms with van der Waals surface area (Å²) in [6.45, 7) is 1.91. The number of nitrogens with zero attached hydrogens (tertiary/aromatic N) is 1. The molecule has 18 heavy (non-hydrogen) atoms. The molecule has 0 fully saturated rings. The van der Waals surface area contributed by atoms with E-state index in [1.54, 1.807) is 19.1 Å². The Bertz CT molecular complexity index is 553. The summed E-state index contributed by atoms with van der Waals surface area (Å²) in [4.78, 5) is 4.05. The van der Waals surface area contributed by atoms with Gasteiger partial charge in [-0.05, 0) is 19.1 Å². The van der Waals surface area contributed by atoms with Crippen molar-refractivity contribution in [1.82, 2.24) is 0 Å². The molecule has 0 spiro atoms. The van der Waals surface area contributed by atoms with Gasteiger partial charge in [0.05, 0.1) is 6.61 Å². The second kappa shape index (κ2) is 5.45. The van der Waals surface area contributed by atoms with Gasteiger partial charge in [-0.2, -0.15) is 0 Å². The predicted molar refractivity (Wildman–Crippen MR) is 72.0 cm³/mol. The SMILES string of the molecule is CCOP1(=O)OC(c2ccccc2)=NC1=C(Cl)Cl. The zero-order chi connectivity index (χ0) is 13.2. The van der Waals surface area contributed by atoms with Gasteiger partial charge in [-0.1, -0.05) is 41.4 Å². The molecule has 0 N–H and O–H groups in total. The monoisotopic (exact) mass is 305 g/mol. The molecule has 1 heterocycles. The van der Waals surface area contributed by atoms with Crippen LogP contribution in [0.3, 0.4) is 0 Å². The molecule has 0 amide bonds. The van der Waals surface area contributed by atoms with Crippen molar-refractivity contribution in [3.8, 4) is 0 Å². The summed E-state index contributed by atoms with van der Waals surface area (Å²) in [7, 11) is -3.55. The van der Waals surface area contributed by atoms with E-state index in [1.165, 1.54) is 0 Å². The van der Waals surface area contributed by atoms with Crippen LogP contribution in [0.15, 0.2) is 45.3 Å². The highest BCUT2D eigenvalue weighted by Crippen LogP contribution is 2.62. The number of benzene rings is 1. The van der Waals surface area contributed by atoms with Gasteiger partial charge in [0.1, 0.15) is 4.49 Å². The van der Waals surface area contributed by atoms with Crippen LogP contribution in [0.25, 0.3) is 0 Å². The average molecular weight is 306 g/mol. The Hall–Kier alpha value is -0.800. The van der Waals surface area contributed by atoms with E-state index in [0.717, 1.165) is 0 Å². The summed E-state index contributed by atoms with van der Waals surface area (Å²) >= 11 is 11.3. The number of hydrogen-bond acceptors (Lipinski definition) is 4. The van der Waals surface area contributed by atoms with Crippen LogP contribution in [0.4, 0.5) is 0 Å². The molecule has 4 nitrogen and oxygen atoms in total. The first kappa shape index (κ1) is 13.6. The number of rotatable bonds is 3. The van der Waals surface area contributed by atoms with Crippen molar-refractivity contribution in [2.75, 3.05) is 6.61 Å². The predicted octanol–water partition coefficient (Wildman–Crippen LogP) is 4.30. The maximum atomic E-state index is 12.4. The van der Waals surface area contributed by atoms with E-state index in [1.807, 2.05) is 18.2 Å². The molecule has 1 aliphatic heterocycles. The van der Waals surface area contributed by atoms with E-state index < -0.39 is 7.60 Å². The average Bonchev–Trinajstić information content (AvgIpc) is 2.69. The van der Waals surface area contributed by atoms with Crippen LogP contribution < -0.4 is 0 Å². The number of aliphatic imine (C=N–C) groups is 1. The summed E-state index contributed by atoms with van der Waals surface area (Å²) in [6, 6.07) is 9.04. The van der Waals surface area contributed by atoms with E-state index >= 15 is 0 Å². The lowest BCUT2D eigenvalue weighted by atomic mass is 10.2. The minimum atomic E-state index is -3.55. The van der Waals surface area contributed by atoms with Gasteiger partial charge in [0.2, 0.25) is 5.90 Å². The van der Waals surface area contributed by atoms with Crippen LogP contribution in [0.1, 0.15) is 12.5 Å². The highest BCUT2D eigenvalue weighted by molar-refractivity contribution is 7.59. The molecule has 0 aliphatic carbocycles. The Morgan fingerprint density at radius 1 is 1.39 bits per heavy atom. The van der Waals surface area contributed by atoms with Gasteiger partial charge in [-0.3, -0.25) is 4.52 Å².